The molecule has 0 unspecified atom stereocenters. The third-order valence-electron chi connectivity index (χ3n) is 5.18. The molecule has 6 heteroatoms. The van der Waals surface area contributed by atoms with Crippen molar-refractivity contribution in [3.63, 3.8) is 0 Å². The van der Waals surface area contributed by atoms with Gasteiger partial charge < -0.3 is 5.32 Å². The second-order valence-electron chi connectivity index (χ2n) is 7.90. The Labute approximate surface area is 175 Å². The number of sulfonamides is 1. The molecule has 0 radical (unpaired) electrons. The fraction of sp³-hybridized carbons (Fsp3) is 0.435. The maximum Gasteiger partial charge on any atom is 0.244 e. The van der Waals surface area contributed by atoms with Crippen molar-refractivity contribution in [1.29, 1.82) is 0 Å². The van der Waals surface area contributed by atoms with E-state index in [9.17, 15) is 13.2 Å². The Balaban J connectivity index is 2.36. The van der Waals surface area contributed by atoms with E-state index in [1.807, 2.05) is 59.7 Å². The van der Waals surface area contributed by atoms with E-state index < -0.39 is 16.1 Å². The van der Waals surface area contributed by atoms with Crippen molar-refractivity contribution >= 4 is 21.6 Å². The van der Waals surface area contributed by atoms with Crippen LogP contribution in [0, 0.1) is 27.7 Å². The SMILES string of the molecule is CC[C@@H](C(=O)N[C@@H](C)c1ccc(C)c(C)c1)N(c1cc(C)cc(C)c1)S(C)(=O)=O. The lowest BCUT2D eigenvalue weighted by Crippen LogP contribution is -2.49. The van der Waals surface area contributed by atoms with Crippen LogP contribution in [0.5, 0.6) is 0 Å². The predicted molar refractivity (Wildman–Crippen MR) is 120 cm³/mol. The maximum atomic E-state index is 13.1. The third kappa shape index (κ3) is 5.60. The number of carbonyl (C=O) groups is 1. The number of nitrogens with zero attached hydrogens (tertiary/aromatic N) is 1. The van der Waals surface area contributed by atoms with Gasteiger partial charge in [0, 0.05) is 0 Å². The molecule has 2 atom stereocenters. The average Bonchev–Trinajstić information content (AvgIpc) is 2.59. The summed E-state index contributed by atoms with van der Waals surface area (Å²) in [6, 6.07) is 10.6. The number of benzene rings is 2. The van der Waals surface area contributed by atoms with Crippen LogP contribution in [-0.4, -0.2) is 26.6 Å². The van der Waals surface area contributed by atoms with Gasteiger partial charge in [-0.3, -0.25) is 9.10 Å². The summed E-state index contributed by atoms with van der Waals surface area (Å²) in [5, 5.41) is 3.00. The minimum Gasteiger partial charge on any atom is -0.348 e. The molecule has 0 bridgehead atoms. The molecule has 0 saturated heterocycles. The molecule has 2 aromatic rings. The number of hydrogen-bond donors (Lipinski definition) is 1. The van der Waals surface area contributed by atoms with Gasteiger partial charge in [0.05, 0.1) is 18.0 Å². The monoisotopic (exact) mass is 416 g/mol. The first-order valence-electron chi connectivity index (χ1n) is 9.89. The van der Waals surface area contributed by atoms with Crippen molar-refractivity contribution in [3.05, 3.63) is 64.2 Å². The second kappa shape index (κ2) is 8.99. The Morgan fingerprint density at radius 3 is 2.07 bits per heavy atom. The van der Waals surface area contributed by atoms with E-state index >= 15 is 0 Å². The van der Waals surface area contributed by atoms with Gasteiger partial charge in [0.1, 0.15) is 6.04 Å². The summed E-state index contributed by atoms with van der Waals surface area (Å²) in [4.78, 5) is 13.1. The zero-order valence-electron chi connectivity index (χ0n) is 18.4. The van der Waals surface area contributed by atoms with E-state index in [4.69, 9.17) is 0 Å². The second-order valence-corrected chi connectivity index (χ2v) is 9.76. The van der Waals surface area contributed by atoms with Crippen LogP contribution in [0.25, 0.3) is 0 Å². The number of carbonyl (C=O) groups excluding carboxylic acids is 1. The molecule has 2 aromatic carbocycles. The normalized spacial score (nSPS) is 13.6. The van der Waals surface area contributed by atoms with Gasteiger partial charge in [-0.15, -0.1) is 0 Å². The number of anilines is 1. The van der Waals surface area contributed by atoms with Crippen molar-refractivity contribution in [2.75, 3.05) is 10.6 Å². The molecule has 0 aromatic heterocycles. The standard InChI is InChI=1S/C23H32N2O3S/c1-8-22(23(26)24-19(6)20-10-9-17(4)18(5)14-20)25(29(7,27)28)21-12-15(2)11-16(3)13-21/h9-14,19,22H,8H2,1-7H3,(H,24,26)/t19-,22-/m0/s1. The van der Waals surface area contributed by atoms with E-state index in [1.165, 1.54) is 9.87 Å². The van der Waals surface area contributed by atoms with E-state index in [2.05, 4.69) is 11.4 Å². The Morgan fingerprint density at radius 2 is 1.59 bits per heavy atom. The van der Waals surface area contributed by atoms with E-state index in [1.54, 1.807) is 12.1 Å². The fourth-order valence-corrected chi connectivity index (χ4v) is 4.76. The average molecular weight is 417 g/mol. The summed E-state index contributed by atoms with van der Waals surface area (Å²) in [5.74, 6) is -0.303. The molecule has 2 rings (SSSR count). The highest BCUT2D eigenvalue weighted by molar-refractivity contribution is 7.92. The van der Waals surface area contributed by atoms with Crippen LogP contribution >= 0.6 is 0 Å². The molecule has 0 aliphatic carbocycles. The van der Waals surface area contributed by atoms with Crippen LogP contribution < -0.4 is 9.62 Å². The maximum absolute atomic E-state index is 13.1. The Bertz CT molecular complexity index is 979. The van der Waals surface area contributed by atoms with Crippen molar-refractivity contribution in [2.45, 2.75) is 60.0 Å². The first kappa shape index (κ1) is 22.9. The summed E-state index contributed by atoms with van der Waals surface area (Å²) < 4.78 is 26.5. The highest BCUT2D eigenvalue weighted by Gasteiger charge is 2.32. The molecule has 0 heterocycles. The molecular formula is C23H32N2O3S. The lowest BCUT2D eigenvalue weighted by Gasteiger charge is -2.31. The minimum atomic E-state index is -3.65. The van der Waals surface area contributed by atoms with Gasteiger partial charge in [0.25, 0.3) is 0 Å². The number of rotatable bonds is 7. The van der Waals surface area contributed by atoms with Gasteiger partial charge in [-0.25, -0.2) is 8.42 Å². The third-order valence-corrected chi connectivity index (χ3v) is 6.36. The summed E-state index contributed by atoms with van der Waals surface area (Å²) in [5.41, 5.74) is 5.76. The number of amides is 1. The van der Waals surface area contributed by atoms with Crippen LogP contribution in [0.1, 0.15) is 54.1 Å². The number of nitrogens with one attached hydrogen (secondary N) is 1. The molecular weight excluding hydrogens is 384 g/mol. The molecule has 1 amide bonds. The summed E-state index contributed by atoms with van der Waals surface area (Å²) in [7, 11) is -3.65. The van der Waals surface area contributed by atoms with Gasteiger partial charge in [-0.1, -0.05) is 31.2 Å². The zero-order chi connectivity index (χ0) is 21.9. The minimum absolute atomic E-state index is 0.225. The van der Waals surface area contributed by atoms with Crippen molar-refractivity contribution in [2.24, 2.45) is 0 Å². The Hall–Kier alpha value is -2.34. The van der Waals surface area contributed by atoms with Gasteiger partial charge in [-0.2, -0.15) is 0 Å². The van der Waals surface area contributed by atoms with Gasteiger partial charge in [0.15, 0.2) is 0 Å². The van der Waals surface area contributed by atoms with Crippen LogP contribution in [0.3, 0.4) is 0 Å². The predicted octanol–water partition coefficient (Wildman–Crippen LogP) is 4.34. The van der Waals surface area contributed by atoms with Gasteiger partial charge in [-0.05, 0) is 81.0 Å². The lowest BCUT2D eigenvalue weighted by molar-refractivity contribution is -0.122. The first-order chi connectivity index (χ1) is 13.4. The molecule has 5 nitrogen and oxygen atoms in total. The smallest absolute Gasteiger partial charge is 0.244 e. The van der Waals surface area contributed by atoms with Crippen LogP contribution in [-0.2, 0) is 14.8 Å². The largest absolute Gasteiger partial charge is 0.348 e. The highest BCUT2D eigenvalue weighted by Crippen LogP contribution is 2.26. The van der Waals surface area contributed by atoms with Crippen molar-refractivity contribution < 1.29 is 13.2 Å². The fourth-order valence-electron chi connectivity index (χ4n) is 3.57. The summed E-state index contributed by atoms with van der Waals surface area (Å²) in [6.07, 6.45) is 1.51. The summed E-state index contributed by atoms with van der Waals surface area (Å²) in [6.45, 7) is 11.7. The molecule has 0 saturated carbocycles. The van der Waals surface area contributed by atoms with Gasteiger partial charge >= 0.3 is 0 Å². The first-order valence-corrected chi connectivity index (χ1v) is 11.7. The molecule has 0 fully saturated rings. The van der Waals surface area contributed by atoms with Crippen molar-refractivity contribution in [1.82, 2.24) is 5.32 Å². The topological polar surface area (TPSA) is 66.5 Å². The highest BCUT2D eigenvalue weighted by atomic mass is 32.2. The van der Waals surface area contributed by atoms with Crippen LogP contribution in [0.4, 0.5) is 5.69 Å². The lowest BCUT2D eigenvalue weighted by atomic mass is 10.0. The molecule has 0 spiro atoms. The van der Waals surface area contributed by atoms with E-state index in [-0.39, 0.29) is 11.9 Å². The van der Waals surface area contributed by atoms with Crippen molar-refractivity contribution in [3.8, 4) is 0 Å². The molecule has 29 heavy (non-hydrogen) atoms. The number of aryl methyl sites for hydroxylation is 4. The van der Waals surface area contributed by atoms with E-state index in [0.717, 1.165) is 28.5 Å². The summed E-state index contributed by atoms with van der Waals surface area (Å²) >= 11 is 0. The van der Waals surface area contributed by atoms with Gasteiger partial charge in [0.2, 0.25) is 15.9 Å². The van der Waals surface area contributed by atoms with Crippen LogP contribution in [0.2, 0.25) is 0 Å². The molecule has 158 valence electrons. The molecule has 0 aliphatic rings. The molecule has 1 N–H and O–H groups in total. The molecule has 0 aliphatic heterocycles. The quantitative estimate of drug-likeness (QED) is 0.730. The number of hydrogen-bond acceptors (Lipinski definition) is 3. The van der Waals surface area contributed by atoms with E-state index in [0.29, 0.717) is 12.1 Å². The Morgan fingerprint density at radius 1 is 1.00 bits per heavy atom. The Kier molecular flexibility index (Phi) is 7.11. The zero-order valence-corrected chi connectivity index (χ0v) is 19.2. The van der Waals surface area contributed by atoms with Crippen LogP contribution in [0.15, 0.2) is 36.4 Å².